The fourth-order valence-corrected chi connectivity index (χ4v) is 3.21. The van der Waals surface area contributed by atoms with Gasteiger partial charge in [0.05, 0.1) is 4.92 Å². The molecule has 0 amide bonds. The van der Waals surface area contributed by atoms with Gasteiger partial charge in [-0.25, -0.2) is 4.68 Å². The number of nitro benzene ring substituents is 1. The van der Waals surface area contributed by atoms with E-state index in [-0.39, 0.29) is 11.5 Å². The molecule has 2 aromatic rings. The zero-order valence-electron chi connectivity index (χ0n) is 12.1. The number of benzene rings is 1. The van der Waals surface area contributed by atoms with Gasteiger partial charge in [-0.05, 0) is 18.4 Å². The highest BCUT2D eigenvalue weighted by Gasteiger charge is 2.36. The van der Waals surface area contributed by atoms with Gasteiger partial charge in [0.1, 0.15) is 12.4 Å². The standard InChI is InChI=1S/C15H13N5O3/c21-12-6-2-5-11-13(12)14(19-15(18-11)16-8-17-19)9-3-1-4-10(7-9)20(22)23/h1,3-4,7-8,14H,2,5-6H2,(H,16,17,18). The van der Waals surface area contributed by atoms with Gasteiger partial charge in [-0.1, -0.05) is 12.1 Å². The maximum atomic E-state index is 12.5. The van der Waals surface area contributed by atoms with E-state index in [1.54, 1.807) is 16.8 Å². The summed E-state index contributed by atoms with van der Waals surface area (Å²) >= 11 is 0. The Bertz CT molecular complexity index is 854. The summed E-state index contributed by atoms with van der Waals surface area (Å²) in [6.45, 7) is 0. The molecule has 1 aliphatic heterocycles. The van der Waals surface area contributed by atoms with Crippen LogP contribution in [0.1, 0.15) is 30.9 Å². The summed E-state index contributed by atoms with van der Waals surface area (Å²) in [6.07, 6.45) is 3.45. The fourth-order valence-electron chi connectivity index (χ4n) is 3.21. The first kappa shape index (κ1) is 13.6. The van der Waals surface area contributed by atoms with Gasteiger partial charge in [-0.15, -0.1) is 0 Å². The van der Waals surface area contributed by atoms with E-state index < -0.39 is 11.0 Å². The van der Waals surface area contributed by atoms with Gasteiger partial charge in [0.15, 0.2) is 5.78 Å². The number of non-ortho nitro benzene ring substituents is 1. The van der Waals surface area contributed by atoms with Crippen molar-refractivity contribution >= 4 is 17.4 Å². The van der Waals surface area contributed by atoms with Crippen molar-refractivity contribution < 1.29 is 9.72 Å². The minimum atomic E-state index is -0.476. The van der Waals surface area contributed by atoms with Gasteiger partial charge in [-0.2, -0.15) is 10.1 Å². The second-order valence-electron chi connectivity index (χ2n) is 5.58. The summed E-state index contributed by atoms with van der Waals surface area (Å²) in [5.41, 5.74) is 2.14. The largest absolute Gasteiger partial charge is 0.328 e. The van der Waals surface area contributed by atoms with Crippen LogP contribution in [0.4, 0.5) is 11.6 Å². The molecule has 0 radical (unpaired) electrons. The number of carbonyl (C=O) groups excluding carboxylic acids is 1. The molecule has 2 heterocycles. The Kier molecular flexibility index (Phi) is 2.97. The molecule has 0 spiro atoms. The molecule has 0 saturated heterocycles. The third-order valence-corrected chi connectivity index (χ3v) is 4.21. The fraction of sp³-hybridized carbons (Fsp3) is 0.267. The number of rotatable bonds is 2. The lowest BCUT2D eigenvalue weighted by Crippen LogP contribution is -2.31. The van der Waals surface area contributed by atoms with Gasteiger partial charge < -0.3 is 5.32 Å². The van der Waals surface area contributed by atoms with Crippen molar-refractivity contribution in [3.8, 4) is 0 Å². The summed E-state index contributed by atoms with van der Waals surface area (Å²) in [4.78, 5) is 27.3. The van der Waals surface area contributed by atoms with Gasteiger partial charge >= 0.3 is 0 Å². The molecule has 116 valence electrons. The monoisotopic (exact) mass is 311 g/mol. The molecular formula is C15H13N5O3. The Labute approximate surface area is 131 Å². The summed E-state index contributed by atoms with van der Waals surface area (Å²) in [6, 6.07) is 5.86. The Morgan fingerprint density at radius 2 is 2.22 bits per heavy atom. The number of fused-ring (bicyclic) bond motifs is 1. The molecule has 1 aromatic carbocycles. The Hall–Kier alpha value is -3.03. The summed E-state index contributed by atoms with van der Waals surface area (Å²) in [7, 11) is 0. The Morgan fingerprint density at radius 1 is 1.35 bits per heavy atom. The van der Waals surface area contributed by atoms with E-state index in [2.05, 4.69) is 15.4 Å². The quantitative estimate of drug-likeness (QED) is 0.673. The van der Waals surface area contributed by atoms with Crippen LogP contribution in [0, 0.1) is 10.1 Å². The van der Waals surface area contributed by atoms with E-state index in [9.17, 15) is 14.9 Å². The van der Waals surface area contributed by atoms with E-state index in [4.69, 9.17) is 0 Å². The predicted molar refractivity (Wildman–Crippen MR) is 80.8 cm³/mol. The van der Waals surface area contributed by atoms with Gasteiger partial charge in [0.25, 0.3) is 5.69 Å². The Balaban J connectivity index is 1.91. The van der Waals surface area contributed by atoms with Gasteiger partial charge in [-0.3, -0.25) is 14.9 Å². The molecule has 2 aliphatic rings. The van der Waals surface area contributed by atoms with Crippen molar-refractivity contribution in [2.24, 2.45) is 0 Å². The van der Waals surface area contributed by atoms with Crippen molar-refractivity contribution in [2.75, 3.05) is 5.32 Å². The van der Waals surface area contributed by atoms with Crippen LogP contribution < -0.4 is 5.32 Å². The second-order valence-corrected chi connectivity index (χ2v) is 5.58. The molecule has 1 aliphatic carbocycles. The lowest BCUT2D eigenvalue weighted by Gasteiger charge is -2.32. The normalized spacial score (nSPS) is 19.8. The zero-order valence-corrected chi connectivity index (χ0v) is 12.1. The van der Waals surface area contributed by atoms with Crippen LogP contribution in [-0.2, 0) is 4.79 Å². The lowest BCUT2D eigenvalue weighted by molar-refractivity contribution is -0.384. The van der Waals surface area contributed by atoms with Crippen molar-refractivity contribution in [1.29, 1.82) is 0 Å². The van der Waals surface area contributed by atoms with Gasteiger partial charge in [0.2, 0.25) is 5.95 Å². The molecule has 1 atom stereocenters. The molecule has 1 unspecified atom stereocenters. The molecule has 8 nitrogen and oxygen atoms in total. The van der Waals surface area contributed by atoms with Crippen molar-refractivity contribution in [2.45, 2.75) is 25.3 Å². The number of anilines is 1. The Morgan fingerprint density at radius 3 is 3.04 bits per heavy atom. The van der Waals surface area contributed by atoms with E-state index in [0.29, 0.717) is 23.5 Å². The topological polar surface area (TPSA) is 103 Å². The first-order valence-corrected chi connectivity index (χ1v) is 7.32. The van der Waals surface area contributed by atoms with E-state index >= 15 is 0 Å². The van der Waals surface area contributed by atoms with Crippen LogP contribution in [0.3, 0.4) is 0 Å². The number of hydrogen-bond donors (Lipinski definition) is 1. The maximum Gasteiger partial charge on any atom is 0.269 e. The average molecular weight is 311 g/mol. The third-order valence-electron chi connectivity index (χ3n) is 4.21. The van der Waals surface area contributed by atoms with Crippen molar-refractivity contribution in [3.63, 3.8) is 0 Å². The van der Waals surface area contributed by atoms with Crippen molar-refractivity contribution in [1.82, 2.24) is 14.8 Å². The molecule has 4 rings (SSSR count). The minimum Gasteiger partial charge on any atom is -0.328 e. The number of nitrogens with one attached hydrogen (secondary N) is 1. The molecule has 1 aromatic heterocycles. The first-order chi connectivity index (χ1) is 11.1. The lowest BCUT2D eigenvalue weighted by atomic mass is 9.85. The number of Topliss-reactive ketones (excluding diaryl/α,β-unsaturated/α-hetero) is 1. The van der Waals surface area contributed by atoms with Crippen LogP contribution >= 0.6 is 0 Å². The van der Waals surface area contributed by atoms with E-state index in [1.165, 1.54) is 18.5 Å². The average Bonchev–Trinajstić information content (AvgIpc) is 3.01. The summed E-state index contributed by atoms with van der Waals surface area (Å²) in [5, 5.41) is 18.4. The van der Waals surface area contributed by atoms with Crippen LogP contribution in [0.2, 0.25) is 0 Å². The van der Waals surface area contributed by atoms with Crippen LogP contribution in [0.25, 0.3) is 0 Å². The molecule has 8 heteroatoms. The number of ketones is 1. The molecule has 0 bridgehead atoms. The summed E-state index contributed by atoms with van der Waals surface area (Å²) < 4.78 is 1.61. The SMILES string of the molecule is O=C1CCCC2=C1C(c1cccc([N+](=O)[O-])c1)n1ncnc1N2. The summed E-state index contributed by atoms with van der Waals surface area (Å²) in [5.74, 6) is 0.603. The number of carbonyl (C=O) groups is 1. The van der Waals surface area contributed by atoms with Gasteiger partial charge in [0, 0.05) is 29.8 Å². The highest BCUT2D eigenvalue weighted by Crippen LogP contribution is 2.40. The number of aromatic nitrogens is 3. The van der Waals surface area contributed by atoms with E-state index in [0.717, 1.165) is 18.5 Å². The molecule has 0 saturated carbocycles. The highest BCUT2D eigenvalue weighted by molar-refractivity contribution is 5.99. The molecular weight excluding hydrogens is 298 g/mol. The van der Waals surface area contributed by atoms with Crippen molar-refractivity contribution in [3.05, 3.63) is 57.5 Å². The zero-order chi connectivity index (χ0) is 16.0. The van der Waals surface area contributed by atoms with E-state index in [1.807, 2.05) is 0 Å². The maximum absolute atomic E-state index is 12.5. The number of nitro groups is 1. The second kappa shape index (κ2) is 5.01. The van der Waals surface area contributed by atoms with Crippen LogP contribution in [-0.4, -0.2) is 25.5 Å². The third kappa shape index (κ3) is 2.10. The first-order valence-electron chi connectivity index (χ1n) is 7.32. The molecule has 1 N–H and O–H groups in total. The van der Waals surface area contributed by atoms with Crippen LogP contribution in [0.15, 0.2) is 41.9 Å². The number of hydrogen-bond acceptors (Lipinski definition) is 6. The number of nitrogens with zero attached hydrogens (tertiary/aromatic N) is 4. The number of allylic oxidation sites excluding steroid dienone is 2. The van der Waals surface area contributed by atoms with Crippen LogP contribution in [0.5, 0.6) is 0 Å². The molecule has 0 fully saturated rings. The smallest absolute Gasteiger partial charge is 0.269 e. The predicted octanol–water partition coefficient (Wildman–Crippen LogP) is 2.21. The minimum absolute atomic E-state index is 0.00638. The molecule has 23 heavy (non-hydrogen) atoms. The highest BCUT2D eigenvalue weighted by atomic mass is 16.6.